The van der Waals surface area contributed by atoms with Crippen molar-refractivity contribution >= 4 is 16.9 Å². The molecule has 136 valence electrons. The van der Waals surface area contributed by atoms with Gasteiger partial charge in [0.05, 0.1) is 24.1 Å². The number of hydrogen-bond donors (Lipinski definition) is 2. The Bertz CT molecular complexity index is 853. The van der Waals surface area contributed by atoms with E-state index >= 15 is 0 Å². The molecule has 0 radical (unpaired) electrons. The molecule has 0 aliphatic heterocycles. The van der Waals surface area contributed by atoms with Gasteiger partial charge in [0.1, 0.15) is 11.6 Å². The number of fused-ring (bicyclic) bond motifs is 1. The smallest absolute Gasteiger partial charge is 0.223 e. The number of nitrogens with zero attached hydrogens (tertiary/aromatic N) is 1. The minimum atomic E-state index is 0.0133. The molecule has 3 rings (SSSR count). The number of ether oxygens (including phenoxy) is 1. The van der Waals surface area contributed by atoms with Crippen molar-refractivity contribution in [3.8, 4) is 5.75 Å². The van der Waals surface area contributed by atoms with Crippen molar-refractivity contribution in [3.05, 3.63) is 59.4 Å². The standard InChI is InChI=1S/C21H25N3O2/c1-15-9-10-19(16(2)14-15)26-13-11-21(25)22-12-5-8-20-23-17-6-3-4-7-18(17)24-20/h3-4,6-7,9-10,14H,5,8,11-13H2,1-2H3,(H,22,25)(H,23,24). The lowest BCUT2D eigenvalue weighted by atomic mass is 10.1. The first-order valence-electron chi connectivity index (χ1n) is 9.02. The number of aromatic nitrogens is 2. The third kappa shape index (κ3) is 4.85. The molecule has 1 amide bonds. The van der Waals surface area contributed by atoms with Crippen LogP contribution in [0.15, 0.2) is 42.5 Å². The highest BCUT2D eigenvalue weighted by molar-refractivity contribution is 5.76. The Hall–Kier alpha value is -2.82. The normalized spacial score (nSPS) is 10.8. The Morgan fingerprint density at radius 3 is 2.85 bits per heavy atom. The minimum Gasteiger partial charge on any atom is -0.493 e. The van der Waals surface area contributed by atoms with Gasteiger partial charge in [0, 0.05) is 13.0 Å². The molecule has 0 atom stereocenters. The summed E-state index contributed by atoms with van der Waals surface area (Å²) >= 11 is 0. The van der Waals surface area contributed by atoms with E-state index < -0.39 is 0 Å². The molecule has 5 heteroatoms. The molecule has 26 heavy (non-hydrogen) atoms. The number of amides is 1. The molecule has 0 fully saturated rings. The van der Waals surface area contributed by atoms with Gasteiger partial charge in [-0.05, 0) is 44.0 Å². The van der Waals surface area contributed by atoms with Crippen LogP contribution in [0.3, 0.4) is 0 Å². The number of aromatic amines is 1. The maximum Gasteiger partial charge on any atom is 0.223 e. The summed E-state index contributed by atoms with van der Waals surface area (Å²) in [7, 11) is 0. The Balaban J connectivity index is 1.34. The number of imidazole rings is 1. The average molecular weight is 351 g/mol. The van der Waals surface area contributed by atoms with E-state index in [1.165, 1.54) is 5.56 Å². The van der Waals surface area contributed by atoms with E-state index in [0.717, 1.165) is 41.0 Å². The number of aryl methyl sites for hydroxylation is 3. The quantitative estimate of drug-likeness (QED) is 0.608. The van der Waals surface area contributed by atoms with Crippen molar-refractivity contribution in [1.29, 1.82) is 0 Å². The van der Waals surface area contributed by atoms with Crippen LogP contribution >= 0.6 is 0 Å². The van der Waals surface area contributed by atoms with E-state index in [2.05, 4.69) is 28.3 Å². The first-order chi connectivity index (χ1) is 12.6. The maximum atomic E-state index is 11.9. The van der Waals surface area contributed by atoms with Crippen LogP contribution in [0.2, 0.25) is 0 Å². The van der Waals surface area contributed by atoms with Gasteiger partial charge in [-0.3, -0.25) is 4.79 Å². The summed E-state index contributed by atoms with van der Waals surface area (Å²) in [5.74, 6) is 1.81. The van der Waals surface area contributed by atoms with Crippen LogP contribution in [0.5, 0.6) is 5.75 Å². The fourth-order valence-corrected chi connectivity index (χ4v) is 2.91. The van der Waals surface area contributed by atoms with E-state index in [9.17, 15) is 4.79 Å². The van der Waals surface area contributed by atoms with Crippen molar-refractivity contribution < 1.29 is 9.53 Å². The van der Waals surface area contributed by atoms with Gasteiger partial charge in [-0.25, -0.2) is 4.98 Å². The second-order valence-corrected chi connectivity index (χ2v) is 6.52. The van der Waals surface area contributed by atoms with Gasteiger partial charge >= 0.3 is 0 Å². The van der Waals surface area contributed by atoms with Crippen LogP contribution < -0.4 is 10.1 Å². The molecule has 0 aliphatic carbocycles. The van der Waals surface area contributed by atoms with Crippen LogP contribution in [0.4, 0.5) is 0 Å². The van der Waals surface area contributed by atoms with Gasteiger partial charge in [0.25, 0.3) is 0 Å². The second-order valence-electron chi connectivity index (χ2n) is 6.52. The highest BCUT2D eigenvalue weighted by Gasteiger charge is 2.05. The fourth-order valence-electron chi connectivity index (χ4n) is 2.91. The van der Waals surface area contributed by atoms with E-state index in [0.29, 0.717) is 19.6 Å². The molecule has 0 saturated heterocycles. The number of para-hydroxylation sites is 2. The van der Waals surface area contributed by atoms with E-state index in [4.69, 9.17) is 4.74 Å². The third-order valence-electron chi connectivity index (χ3n) is 4.27. The highest BCUT2D eigenvalue weighted by Crippen LogP contribution is 2.18. The van der Waals surface area contributed by atoms with E-state index in [-0.39, 0.29) is 5.91 Å². The second kappa shape index (κ2) is 8.52. The lowest BCUT2D eigenvalue weighted by Crippen LogP contribution is -2.26. The molecule has 5 nitrogen and oxygen atoms in total. The predicted octanol–water partition coefficient (Wildman–Crippen LogP) is 3.70. The lowest BCUT2D eigenvalue weighted by Gasteiger charge is -2.10. The molecule has 0 spiro atoms. The zero-order valence-electron chi connectivity index (χ0n) is 15.3. The molecular weight excluding hydrogens is 326 g/mol. The van der Waals surface area contributed by atoms with Crippen molar-refractivity contribution in [3.63, 3.8) is 0 Å². The molecule has 1 aromatic heterocycles. The lowest BCUT2D eigenvalue weighted by molar-refractivity contribution is -0.121. The molecule has 0 unspecified atom stereocenters. The topological polar surface area (TPSA) is 67.0 Å². The van der Waals surface area contributed by atoms with Crippen molar-refractivity contribution in [2.45, 2.75) is 33.1 Å². The molecule has 1 heterocycles. The summed E-state index contributed by atoms with van der Waals surface area (Å²) in [6.45, 7) is 5.09. The molecule has 2 N–H and O–H groups in total. The summed E-state index contributed by atoms with van der Waals surface area (Å²) in [5, 5.41) is 2.94. The van der Waals surface area contributed by atoms with Crippen LogP contribution in [-0.4, -0.2) is 29.0 Å². The number of benzene rings is 2. The van der Waals surface area contributed by atoms with E-state index in [1.54, 1.807) is 0 Å². The number of nitrogens with one attached hydrogen (secondary N) is 2. The molecular formula is C21H25N3O2. The summed E-state index contributed by atoms with van der Waals surface area (Å²) in [5.41, 5.74) is 4.33. The average Bonchev–Trinajstić information content (AvgIpc) is 3.03. The minimum absolute atomic E-state index is 0.0133. The Morgan fingerprint density at radius 2 is 2.04 bits per heavy atom. The summed E-state index contributed by atoms with van der Waals surface area (Å²) in [4.78, 5) is 19.8. The van der Waals surface area contributed by atoms with E-state index in [1.807, 2.05) is 43.3 Å². The molecule has 3 aromatic rings. The zero-order valence-corrected chi connectivity index (χ0v) is 15.3. The number of carbonyl (C=O) groups is 1. The van der Waals surface area contributed by atoms with Gasteiger partial charge in [-0.15, -0.1) is 0 Å². The van der Waals surface area contributed by atoms with Crippen LogP contribution in [0.1, 0.15) is 29.8 Å². The van der Waals surface area contributed by atoms with Crippen LogP contribution in [0, 0.1) is 13.8 Å². The Kier molecular flexibility index (Phi) is 5.89. The fraction of sp³-hybridized carbons (Fsp3) is 0.333. The SMILES string of the molecule is Cc1ccc(OCCC(=O)NCCCc2nc3ccccc3[nH]2)c(C)c1. The first-order valence-corrected chi connectivity index (χ1v) is 9.02. The Morgan fingerprint density at radius 1 is 1.19 bits per heavy atom. The van der Waals surface area contributed by atoms with Gasteiger partial charge in [-0.1, -0.05) is 29.8 Å². The molecule has 0 aliphatic rings. The van der Waals surface area contributed by atoms with Gasteiger partial charge in [-0.2, -0.15) is 0 Å². The Labute approximate surface area is 153 Å². The highest BCUT2D eigenvalue weighted by atomic mass is 16.5. The van der Waals surface area contributed by atoms with Gasteiger partial charge in [0.15, 0.2) is 0 Å². The largest absolute Gasteiger partial charge is 0.493 e. The summed E-state index contributed by atoms with van der Waals surface area (Å²) < 4.78 is 5.70. The third-order valence-corrected chi connectivity index (χ3v) is 4.27. The first kappa shape index (κ1) is 18.0. The van der Waals surface area contributed by atoms with Crippen molar-refractivity contribution in [2.24, 2.45) is 0 Å². The van der Waals surface area contributed by atoms with Crippen LogP contribution in [-0.2, 0) is 11.2 Å². The number of carbonyl (C=O) groups excluding carboxylic acids is 1. The molecule has 0 saturated carbocycles. The number of H-pyrrole nitrogens is 1. The summed E-state index contributed by atoms with van der Waals surface area (Å²) in [6.07, 6.45) is 2.02. The van der Waals surface area contributed by atoms with Crippen LogP contribution in [0.25, 0.3) is 11.0 Å². The van der Waals surface area contributed by atoms with Gasteiger partial charge in [0.2, 0.25) is 5.91 Å². The van der Waals surface area contributed by atoms with Gasteiger partial charge < -0.3 is 15.0 Å². The number of rotatable bonds is 8. The van der Waals surface area contributed by atoms with Crippen molar-refractivity contribution in [1.82, 2.24) is 15.3 Å². The molecule has 2 aromatic carbocycles. The summed E-state index contributed by atoms with van der Waals surface area (Å²) in [6, 6.07) is 14.0. The van der Waals surface area contributed by atoms with Crippen molar-refractivity contribution in [2.75, 3.05) is 13.2 Å². The molecule has 0 bridgehead atoms. The zero-order chi connectivity index (χ0) is 18.4. The monoisotopic (exact) mass is 351 g/mol. The predicted molar refractivity (Wildman–Crippen MR) is 103 cm³/mol. The maximum absolute atomic E-state index is 11.9. The number of hydrogen-bond acceptors (Lipinski definition) is 3.